The highest BCUT2D eigenvalue weighted by Crippen LogP contribution is 2.09. The molecule has 4 nitrogen and oxygen atoms in total. The lowest BCUT2D eigenvalue weighted by molar-refractivity contribution is -0.137. The number of hydrogen-bond acceptors (Lipinski definition) is 2. The van der Waals surface area contributed by atoms with Crippen molar-refractivity contribution in [1.29, 1.82) is 0 Å². The third-order valence-corrected chi connectivity index (χ3v) is 3.65. The minimum absolute atomic E-state index is 0.332. The molecule has 0 aliphatic heterocycles. The number of carbonyl (C=O) groups excluding carboxylic acids is 1. The summed E-state index contributed by atoms with van der Waals surface area (Å²) in [4.78, 5) is 19.5. The van der Waals surface area contributed by atoms with Crippen LogP contribution in [-0.2, 0) is 9.59 Å². The van der Waals surface area contributed by atoms with Gasteiger partial charge in [0.15, 0.2) is 0 Å². The van der Waals surface area contributed by atoms with Crippen LogP contribution in [0.4, 0.5) is 0 Å². The third-order valence-electron chi connectivity index (χ3n) is 3.65. The molecule has 24 heavy (non-hydrogen) atoms. The fourth-order valence-corrected chi connectivity index (χ4v) is 2.35. The number of unbranched alkanes of at least 4 members (excludes halogenated alkanes) is 11. The molecule has 0 bridgehead atoms. The van der Waals surface area contributed by atoms with Crippen LogP contribution < -0.4 is 5.73 Å². The number of carboxylic acids is 1. The average molecular weight is 342 g/mol. The molecule has 0 aromatic rings. The van der Waals surface area contributed by atoms with E-state index in [0.29, 0.717) is 6.42 Å². The molecule has 0 radical (unpaired) electrons. The Balaban J connectivity index is 0. The van der Waals surface area contributed by atoms with Crippen LogP contribution in [0.15, 0.2) is 12.2 Å². The zero-order chi connectivity index (χ0) is 18.5. The van der Waals surface area contributed by atoms with Gasteiger partial charge >= 0.3 is 5.97 Å². The Bertz CT molecular complexity index is 310. The van der Waals surface area contributed by atoms with Gasteiger partial charge in [-0.1, -0.05) is 70.4 Å². The SMILES string of the molecule is CC(N)=O.CCCCCCCC/C=C\CCCCCCCC(=O)O. The van der Waals surface area contributed by atoms with Crippen molar-refractivity contribution in [2.24, 2.45) is 5.73 Å². The van der Waals surface area contributed by atoms with Gasteiger partial charge in [0.2, 0.25) is 5.91 Å². The number of primary amides is 1. The van der Waals surface area contributed by atoms with Crippen molar-refractivity contribution in [3.05, 3.63) is 12.2 Å². The first-order chi connectivity index (χ1) is 11.5. The summed E-state index contributed by atoms with van der Waals surface area (Å²) in [5.41, 5.74) is 4.47. The van der Waals surface area contributed by atoms with E-state index in [9.17, 15) is 9.59 Å². The number of carboxylic acid groups (broad SMARTS) is 1. The standard InChI is InChI=1S/C18H34O2.C2H5NO/c1-2-3-4-5-6-7-8-9-10-11-12-13-14-15-16-17-18(19)20;1-2(3)4/h9-10H,2-8,11-17H2,1H3,(H,19,20);1H3,(H2,3,4)/b10-9-;. The Morgan fingerprint density at radius 1 is 0.792 bits per heavy atom. The highest BCUT2D eigenvalue weighted by molar-refractivity contribution is 5.70. The first kappa shape index (κ1) is 24.9. The van der Waals surface area contributed by atoms with Gasteiger partial charge in [0.1, 0.15) is 0 Å². The lowest BCUT2D eigenvalue weighted by Gasteiger charge is -1.99. The fraction of sp³-hybridized carbons (Fsp3) is 0.800. The molecule has 0 atom stereocenters. The van der Waals surface area contributed by atoms with E-state index in [1.54, 1.807) is 0 Å². The number of hydrogen-bond donors (Lipinski definition) is 2. The number of carbonyl (C=O) groups is 2. The molecule has 0 unspecified atom stereocenters. The first-order valence-electron chi connectivity index (χ1n) is 9.63. The Kier molecular flexibility index (Phi) is 22.5. The second-order valence-corrected chi connectivity index (χ2v) is 6.34. The average Bonchev–Trinajstić information content (AvgIpc) is 2.50. The molecular weight excluding hydrogens is 302 g/mol. The molecule has 0 aromatic heterocycles. The molecular formula is C20H39NO3. The molecule has 0 aromatic carbocycles. The van der Waals surface area contributed by atoms with E-state index >= 15 is 0 Å². The van der Waals surface area contributed by atoms with Crippen LogP contribution in [0.5, 0.6) is 0 Å². The van der Waals surface area contributed by atoms with E-state index in [-0.39, 0.29) is 5.91 Å². The van der Waals surface area contributed by atoms with Gasteiger partial charge in [-0.3, -0.25) is 9.59 Å². The van der Waals surface area contributed by atoms with Gasteiger partial charge in [-0.25, -0.2) is 0 Å². The molecule has 0 heterocycles. The quantitative estimate of drug-likeness (QED) is 0.300. The Labute approximate surface area is 148 Å². The Hall–Kier alpha value is -1.32. The predicted molar refractivity (Wildman–Crippen MR) is 102 cm³/mol. The van der Waals surface area contributed by atoms with Gasteiger partial charge in [-0.05, 0) is 32.1 Å². The monoisotopic (exact) mass is 341 g/mol. The summed E-state index contributed by atoms with van der Waals surface area (Å²) in [7, 11) is 0. The van der Waals surface area contributed by atoms with Gasteiger partial charge in [0.25, 0.3) is 0 Å². The van der Waals surface area contributed by atoms with Crippen LogP contribution in [0.25, 0.3) is 0 Å². The van der Waals surface area contributed by atoms with E-state index in [2.05, 4.69) is 24.8 Å². The molecule has 3 N–H and O–H groups in total. The van der Waals surface area contributed by atoms with Crippen molar-refractivity contribution >= 4 is 11.9 Å². The number of nitrogens with two attached hydrogens (primary N) is 1. The van der Waals surface area contributed by atoms with Gasteiger partial charge in [-0.2, -0.15) is 0 Å². The molecule has 0 saturated heterocycles. The first-order valence-corrected chi connectivity index (χ1v) is 9.63. The summed E-state index contributed by atoms with van der Waals surface area (Å²) in [6.07, 6.45) is 21.2. The maximum Gasteiger partial charge on any atom is 0.303 e. The molecule has 0 aliphatic carbocycles. The highest BCUT2D eigenvalue weighted by Gasteiger charge is 1.95. The Morgan fingerprint density at radius 3 is 1.58 bits per heavy atom. The van der Waals surface area contributed by atoms with E-state index in [4.69, 9.17) is 5.11 Å². The zero-order valence-corrected chi connectivity index (χ0v) is 15.9. The molecule has 0 rings (SSSR count). The van der Waals surface area contributed by atoms with Crippen molar-refractivity contribution in [3.63, 3.8) is 0 Å². The van der Waals surface area contributed by atoms with Crippen LogP contribution in [0.1, 0.15) is 104 Å². The number of allylic oxidation sites excluding steroid dienone is 2. The second kappa shape index (κ2) is 21.7. The van der Waals surface area contributed by atoms with Crippen LogP contribution >= 0.6 is 0 Å². The summed E-state index contributed by atoms with van der Waals surface area (Å²) >= 11 is 0. The van der Waals surface area contributed by atoms with Crippen LogP contribution in [-0.4, -0.2) is 17.0 Å². The minimum atomic E-state index is -0.664. The molecule has 0 spiro atoms. The molecule has 1 amide bonds. The fourth-order valence-electron chi connectivity index (χ4n) is 2.35. The highest BCUT2D eigenvalue weighted by atomic mass is 16.4. The van der Waals surface area contributed by atoms with Crippen molar-refractivity contribution < 1.29 is 14.7 Å². The summed E-state index contributed by atoms with van der Waals surface area (Å²) < 4.78 is 0. The molecule has 142 valence electrons. The lowest BCUT2D eigenvalue weighted by Crippen LogP contribution is -2.01. The van der Waals surface area contributed by atoms with Crippen LogP contribution in [0.2, 0.25) is 0 Å². The summed E-state index contributed by atoms with van der Waals surface area (Å²) in [6.45, 7) is 3.56. The van der Waals surface area contributed by atoms with E-state index in [1.165, 1.54) is 77.6 Å². The maximum atomic E-state index is 10.3. The molecule has 0 fully saturated rings. The van der Waals surface area contributed by atoms with Crippen LogP contribution in [0, 0.1) is 0 Å². The maximum absolute atomic E-state index is 10.3. The van der Waals surface area contributed by atoms with Crippen molar-refractivity contribution in [1.82, 2.24) is 0 Å². The largest absolute Gasteiger partial charge is 0.481 e. The summed E-state index contributed by atoms with van der Waals surface area (Å²) in [5, 5.41) is 8.51. The van der Waals surface area contributed by atoms with Gasteiger partial charge in [0.05, 0.1) is 0 Å². The summed E-state index contributed by atoms with van der Waals surface area (Å²) in [5.74, 6) is -0.998. The van der Waals surface area contributed by atoms with Crippen molar-refractivity contribution in [2.75, 3.05) is 0 Å². The lowest BCUT2D eigenvalue weighted by atomic mass is 10.1. The van der Waals surface area contributed by atoms with E-state index in [1.807, 2.05) is 0 Å². The van der Waals surface area contributed by atoms with Crippen molar-refractivity contribution in [3.8, 4) is 0 Å². The normalized spacial score (nSPS) is 10.4. The minimum Gasteiger partial charge on any atom is -0.481 e. The smallest absolute Gasteiger partial charge is 0.303 e. The molecule has 4 heteroatoms. The van der Waals surface area contributed by atoms with Crippen LogP contribution in [0.3, 0.4) is 0 Å². The van der Waals surface area contributed by atoms with Gasteiger partial charge in [-0.15, -0.1) is 0 Å². The van der Waals surface area contributed by atoms with E-state index in [0.717, 1.165) is 12.8 Å². The number of rotatable bonds is 15. The zero-order valence-electron chi connectivity index (χ0n) is 15.9. The Morgan fingerprint density at radius 2 is 1.17 bits per heavy atom. The van der Waals surface area contributed by atoms with Gasteiger partial charge < -0.3 is 10.8 Å². The second-order valence-electron chi connectivity index (χ2n) is 6.34. The molecule has 0 saturated carbocycles. The van der Waals surface area contributed by atoms with Gasteiger partial charge in [0, 0.05) is 13.3 Å². The molecule has 0 aliphatic rings. The topological polar surface area (TPSA) is 80.4 Å². The third kappa shape index (κ3) is 32.6. The van der Waals surface area contributed by atoms with E-state index < -0.39 is 5.97 Å². The summed E-state index contributed by atoms with van der Waals surface area (Å²) in [6, 6.07) is 0. The predicted octanol–water partition coefficient (Wildman–Crippen LogP) is 5.60. The number of aliphatic carboxylic acids is 1. The number of amides is 1. The van der Waals surface area contributed by atoms with Crippen molar-refractivity contribution in [2.45, 2.75) is 104 Å².